The van der Waals surface area contributed by atoms with E-state index in [0.717, 1.165) is 27.0 Å². The second-order valence-electron chi connectivity index (χ2n) is 3.89. The van der Waals surface area contributed by atoms with Gasteiger partial charge in [-0.15, -0.1) is 11.3 Å². The predicted octanol–water partition coefficient (Wildman–Crippen LogP) is 3.85. The average Bonchev–Trinajstić information content (AvgIpc) is 2.75. The van der Waals surface area contributed by atoms with Gasteiger partial charge >= 0.3 is 0 Å². The molecule has 0 aliphatic rings. The summed E-state index contributed by atoms with van der Waals surface area (Å²) in [5.41, 5.74) is 2.01. The first-order chi connectivity index (χ1) is 8.69. The fourth-order valence-electron chi connectivity index (χ4n) is 1.52. The molecule has 1 aromatic heterocycles. The third kappa shape index (κ3) is 3.54. The molecule has 0 radical (unpaired) electrons. The van der Waals surface area contributed by atoms with Crippen molar-refractivity contribution in [3.05, 3.63) is 40.7 Å². The molecule has 2 aromatic rings. The van der Waals surface area contributed by atoms with Crippen molar-refractivity contribution in [3.63, 3.8) is 0 Å². The van der Waals surface area contributed by atoms with Gasteiger partial charge < -0.3 is 5.32 Å². The Balaban J connectivity index is 2.20. The average molecular weight is 282 g/mol. The third-order valence-electron chi connectivity index (χ3n) is 2.38. The van der Waals surface area contributed by atoms with Crippen molar-refractivity contribution in [2.24, 2.45) is 0 Å². The molecule has 0 aliphatic heterocycles. The van der Waals surface area contributed by atoms with E-state index in [-0.39, 0.29) is 5.82 Å². The Morgan fingerprint density at radius 3 is 2.94 bits per heavy atom. The molecule has 18 heavy (non-hydrogen) atoms. The van der Waals surface area contributed by atoms with Gasteiger partial charge in [-0.25, -0.2) is 9.37 Å². The molecule has 0 amide bonds. The van der Waals surface area contributed by atoms with Crippen molar-refractivity contribution in [2.45, 2.75) is 29.6 Å². The lowest BCUT2D eigenvalue weighted by molar-refractivity contribution is 0.619. The molecule has 0 saturated heterocycles. The lowest BCUT2D eigenvalue weighted by Gasteiger charge is -2.08. The van der Waals surface area contributed by atoms with Crippen LogP contribution in [-0.2, 0) is 6.54 Å². The maximum Gasteiger partial charge on any atom is 0.154 e. The Morgan fingerprint density at radius 2 is 2.28 bits per heavy atom. The van der Waals surface area contributed by atoms with Crippen LogP contribution >= 0.6 is 23.1 Å². The molecule has 0 atom stereocenters. The molecule has 0 unspecified atom stereocenters. The van der Waals surface area contributed by atoms with Crippen LogP contribution in [0.15, 0.2) is 32.8 Å². The number of halogens is 1. The van der Waals surface area contributed by atoms with Crippen LogP contribution in [0.3, 0.4) is 0 Å². The van der Waals surface area contributed by atoms with Gasteiger partial charge in [0, 0.05) is 22.5 Å². The standard InChI is InChI=1S/C13H15FN2S2/c1-3-15-7-10-6-11(14)4-5-12(10)18-13-16-9(2)8-17-13/h4-6,8,15H,3,7H2,1-2H3. The van der Waals surface area contributed by atoms with Crippen LogP contribution in [0.1, 0.15) is 18.2 Å². The lowest BCUT2D eigenvalue weighted by atomic mass is 10.2. The van der Waals surface area contributed by atoms with Gasteiger partial charge in [-0.3, -0.25) is 0 Å². The van der Waals surface area contributed by atoms with Crippen LogP contribution in [-0.4, -0.2) is 11.5 Å². The highest BCUT2D eigenvalue weighted by Gasteiger charge is 2.08. The zero-order chi connectivity index (χ0) is 13.0. The lowest BCUT2D eigenvalue weighted by Crippen LogP contribution is -2.12. The van der Waals surface area contributed by atoms with E-state index in [1.165, 1.54) is 6.07 Å². The summed E-state index contributed by atoms with van der Waals surface area (Å²) < 4.78 is 14.3. The maximum atomic E-state index is 13.3. The summed E-state index contributed by atoms with van der Waals surface area (Å²) in [5.74, 6) is -0.192. The molecule has 0 fully saturated rings. The maximum absolute atomic E-state index is 13.3. The van der Waals surface area contributed by atoms with Gasteiger partial charge in [0.1, 0.15) is 5.82 Å². The van der Waals surface area contributed by atoms with E-state index in [4.69, 9.17) is 0 Å². The minimum absolute atomic E-state index is 0.192. The van der Waals surface area contributed by atoms with E-state index in [1.54, 1.807) is 29.2 Å². The Labute approximate surface area is 115 Å². The van der Waals surface area contributed by atoms with Gasteiger partial charge in [0.2, 0.25) is 0 Å². The molecule has 2 rings (SSSR count). The molecule has 2 nitrogen and oxygen atoms in total. The van der Waals surface area contributed by atoms with Gasteiger partial charge in [-0.2, -0.15) is 0 Å². The number of hydrogen-bond donors (Lipinski definition) is 1. The van der Waals surface area contributed by atoms with E-state index < -0.39 is 0 Å². The fourth-order valence-corrected chi connectivity index (χ4v) is 3.42. The van der Waals surface area contributed by atoms with E-state index >= 15 is 0 Å². The van der Waals surface area contributed by atoms with Crippen LogP contribution in [0.25, 0.3) is 0 Å². The third-order valence-corrected chi connectivity index (χ3v) is 4.56. The number of nitrogens with zero attached hydrogens (tertiary/aromatic N) is 1. The zero-order valence-corrected chi connectivity index (χ0v) is 12.0. The van der Waals surface area contributed by atoms with Gasteiger partial charge in [-0.1, -0.05) is 18.7 Å². The molecule has 1 aromatic carbocycles. The Kier molecular flexibility index (Phi) is 4.74. The van der Waals surface area contributed by atoms with E-state index in [9.17, 15) is 4.39 Å². The monoisotopic (exact) mass is 282 g/mol. The summed E-state index contributed by atoms with van der Waals surface area (Å²) in [6.45, 7) is 5.57. The Bertz CT molecular complexity index is 525. The molecule has 5 heteroatoms. The van der Waals surface area contributed by atoms with Crippen LogP contribution in [0.5, 0.6) is 0 Å². The van der Waals surface area contributed by atoms with E-state index in [0.29, 0.717) is 6.54 Å². The smallest absolute Gasteiger partial charge is 0.154 e. The highest BCUT2D eigenvalue weighted by molar-refractivity contribution is 8.01. The largest absolute Gasteiger partial charge is 0.313 e. The highest BCUT2D eigenvalue weighted by atomic mass is 32.2. The summed E-state index contributed by atoms with van der Waals surface area (Å²) in [5, 5.41) is 5.25. The molecule has 1 N–H and O–H groups in total. The quantitative estimate of drug-likeness (QED) is 0.901. The van der Waals surface area contributed by atoms with E-state index in [2.05, 4.69) is 10.3 Å². The summed E-state index contributed by atoms with van der Waals surface area (Å²) in [6.07, 6.45) is 0. The molecule has 96 valence electrons. The van der Waals surface area contributed by atoms with Crippen LogP contribution in [0.2, 0.25) is 0 Å². The number of rotatable bonds is 5. The predicted molar refractivity (Wildman–Crippen MR) is 74.8 cm³/mol. The van der Waals surface area contributed by atoms with Gasteiger partial charge in [0.15, 0.2) is 4.34 Å². The van der Waals surface area contributed by atoms with Crippen LogP contribution in [0, 0.1) is 12.7 Å². The summed E-state index contributed by atoms with van der Waals surface area (Å²) in [4.78, 5) is 5.48. The van der Waals surface area contributed by atoms with Crippen LogP contribution < -0.4 is 5.32 Å². The van der Waals surface area contributed by atoms with Crippen molar-refractivity contribution in [3.8, 4) is 0 Å². The molecule has 0 aliphatic carbocycles. The molecule has 0 spiro atoms. The van der Waals surface area contributed by atoms with Crippen LogP contribution in [0.4, 0.5) is 4.39 Å². The Hall–Kier alpha value is -0.910. The van der Waals surface area contributed by atoms with Crippen molar-refractivity contribution in [1.29, 1.82) is 0 Å². The summed E-state index contributed by atoms with van der Waals surface area (Å²) in [6, 6.07) is 4.91. The SMILES string of the molecule is CCNCc1cc(F)ccc1Sc1nc(C)cs1. The topological polar surface area (TPSA) is 24.9 Å². The number of aryl methyl sites for hydroxylation is 1. The normalized spacial score (nSPS) is 10.8. The van der Waals surface area contributed by atoms with Crippen molar-refractivity contribution in [2.75, 3.05) is 6.54 Å². The number of benzene rings is 1. The second kappa shape index (κ2) is 6.31. The zero-order valence-electron chi connectivity index (χ0n) is 10.4. The van der Waals surface area contributed by atoms with Crippen molar-refractivity contribution in [1.82, 2.24) is 10.3 Å². The first-order valence-electron chi connectivity index (χ1n) is 5.78. The fraction of sp³-hybridized carbons (Fsp3) is 0.308. The highest BCUT2D eigenvalue weighted by Crippen LogP contribution is 2.32. The number of nitrogens with one attached hydrogen (secondary N) is 1. The molecular formula is C13H15FN2S2. The second-order valence-corrected chi connectivity index (χ2v) is 6.04. The first-order valence-corrected chi connectivity index (χ1v) is 7.47. The number of thiazole rings is 1. The minimum Gasteiger partial charge on any atom is -0.313 e. The number of aromatic nitrogens is 1. The van der Waals surface area contributed by atoms with Gasteiger partial charge in [0.05, 0.1) is 0 Å². The van der Waals surface area contributed by atoms with Gasteiger partial charge in [0.25, 0.3) is 0 Å². The minimum atomic E-state index is -0.192. The van der Waals surface area contributed by atoms with Crippen molar-refractivity contribution >= 4 is 23.1 Å². The molecule has 0 bridgehead atoms. The molecule has 0 saturated carbocycles. The summed E-state index contributed by atoms with van der Waals surface area (Å²) >= 11 is 3.21. The van der Waals surface area contributed by atoms with Crippen molar-refractivity contribution < 1.29 is 4.39 Å². The Morgan fingerprint density at radius 1 is 1.44 bits per heavy atom. The molecule has 1 heterocycles. The molecular weight excluding hydrogens is 267 g/mol. The summed E-state index contributed by atoms with van der Waals surface area (Å²) in [7, 11) is 0. The first kappa shape index (κ1) is 13.5. The van der Waals surface area contributed by atoms with E-state index in [1.807, 2.05) is 25.3 Å². The number of hydrogen-bond acceptors (Lipinski definition) is 4. The van der Waals surface area contributed by atoms with Gasteiger partial charge in [-0.05, 0) is 37.2 Å².